The predicted octanol–water partition coefficient (Wildman–Crippen LogP) is 3.85. The third-order valence-corrected chi connectivity index (χ3v) is 5.13. The SMILES string of the molecule is Cc1ccc(-c2csc(NC(=O)CN3CCCCC3)n2)cc1C. The number of rotatable bonds is 4. The van der Waals surface area contributed by atoms with E-state index in [1.165, 1.54) is 41.7 Å². The molecule has 1 amide bonds. The Morgan fingerprint density at radius 2 is 2.00 bits per heavy atom. The van der Waals surface area contributed by atoms with E-state index in [1.807, 2.05) is 5.38 Å². The summed E-state index contributed by atoms with van der Waals surface area (Å²) in [6.45, 7) is 6.73. The minimum absolute atomic E-state index is 0.0351. The summed E-state index contributed by atoms with van der Waals surface area (Å²) in [6.07, 6.45) is 3.67. The molecule has 23 heavy (non-hydrogen) atoms. The first kappa shape index (κ1) is 16.1. The Morgan fingerprint density at radius 3 is 2.74 bits per heavy atom. The van der Waals surface area contributed by atoms with Crippen molar-refractivity contribution in [3.8, 4) is 11.3 Å². The summed E-state index contributed by atoms with van der Waals surface area (Å²) in [6, 6.07) is 6.33. The highest BCUT2D eigenvalue weighted by molar-refractivity contribution is 7.14. The van der Waals surface area contributed by atoms with Gasteiger partial charge in [0.1, 0.15) is 0 Å². The zero-order chi connectivity index (χ0) is 16.2. The van der Waals surface area contributed by atoms with Crippen LogP contribution < -0.4 is 5.32 Å². The lowest BCUT2D eigenvalue weighted by atomic mass is 10.1. The number of nitrogens with zero attached hydrogens (tertiary/aromatic N) is 2. The Bertz CT molecular complexity index is 689. The van der Waals surface area contributed by atoms with E-state index >= 15 is 0 Å². The first-order valence-corrected chi connectivity index (χ1v) is 9.05. The number of carbonyl (C=O) groups is 1. The summed E-state index contributed by atoms with van der Waals surface area (Å²) < 4.78 is 0. The topological polar surface area (TPSA) is 45.2 Å². The first-order valence-electron chi connectivity index (χ1n) is 8.17. The number of anilines is 1. The second-order valence-electron chi connectivity index (χ2n) is 6.22. The Hall–Kier alpha value is -1.72. The van der Waals surface area contributed by atoms with Gasteiger partial charge >= 0.3 is 0 Å². The van der Waals surface area contributed by atoms with Gasteiger partial charge in [-0.15, -0.1) is 11.3 Å². The molecule has 1 saturated heterocycles. The molecule has 1 fully saturated rings. The van der Waals surface area contributed by atoms with Crippen molar-refractivity contribution >= 4 is 22.4 Å². The molecule has 2 heterocycles. The van der Waals surface area contributed by atoms with Crippen molar-refractivity contribution in [3.63, 3.8) is 0 Å². The summed E-state index contributed by atoms with van der Waals surface area (Å²) >= 11 is 1.48. The largest absolute Gasteiger partial charge is 0.301 e. The van der Waals surface area contributed by atoms with Gasteiger partial charge in [-0.1, -0.05) is 18.6 Å². The lowest BCUT2D eigenvalue weighted by Gasteiger charge is -2.25. The molecule has 122 valence electrons. The van der Waals surface area contributed by atoms with E-state index in [-0.39, 0.29) is 5.91 Å². The maximum Gasteiger partial charge on any atom is 0.240 e. The number of nitrogens with one attached hydrogen (secondary N) is 1. The number of piperidine rings is 1. The monoisotopic (exact) mass is 329 g/mol. The molecule has 4 nitrogen and oxygen atoms in total. The van der Waals surface area contributed by atoms with Crippen molar-refractivity contribution in [3.05, 3.63) is 34.7 Å². The molecule has 2 aromatic rings. The Labute approximate surface area is 141 Å². The van der Waals surface area contributed by atoms with Gasteiger partial charge in [0.2, 0.25) is 5.91 Å². The van der Waals surface area contributed by atoms with Crippen molar-refractivity contribution in [1.82, 2.24) is 9.88 Å². The second-order valence-corrected chi connectivity index (χ2v) is 7.08. The summed E-state index contributed by atoms with van der Waals surface area (Å²) in [5, 5.41) is 5.61. The fraction of sp³-hybridized carbons (Fsp3) is 0.444. The molecule has 0 aliphatic carbocycles. The highest BCUT2D eigenvalue weighted by Crippen LogP contribution is 2.26. The quantitative estimate of drug-likeness (QED) is 0.926. The van der Waals surface area contributed by atoms with Gasteiger partial charge in [-0.2, -0.15) is 0 Å². The average Bonchev–Trinajstić information content (AvgIpc) is 2.99. The number of hydrogen-bond donors (Lipinski definition) is 1. The lowest BCUT2D eigenvalue weighted by Crippen LogP contribution is -2.36. The lowest BCUT2D eigenvalue weighted by molar-refractivity contribution is -0.117. The Balaban J connectivity index is 1.62. The smallest absolute Gasteiger partial charge is 0.240 e. The van der Waals surface area contributed by atoms with E-state index < -0.39 is 0 Å². The van der Waals surface area contributed by atoms with Crippen LogP contribution in [0.2, 0.25) is 0 Å². The van der Waals surface area contributed by atoms with E-state index in [1.54, 1.807) is 0 Å². The summed E-state index contributed by atoms with van der Waals surface area (Å²) in [7, 11) is 0. The number of hydrogen-bond acceptors (Lipinski definition) is 4. The second kappa shape index (κ2) is 7.23. The number of benzene rings is 1. The van der Waals surface area contributed by atoms with Crippen LogP contribution in [0, 0.1) is 13.8 Å². The molecule has 1 aromatic carbocycles. The third-order valence-electron chi connectivity index (χ3n) is 4.37. The standard InChI is InChI=1S/C18H23N3OS/c1-13-6-7-15(10-14(13)2)16-12-23-18(19-16)20-17(22)11-21-8-4-3-5-9-21/h6-7,10,12H,3-5,8-9,11H2,1-2H3,(H,19,20,22). The van der Waals surface area contributed by atoms with Crippen molar-refractivity contribution < 1.29 is 4.79 Å². The minimum atomic E-state index is 0.0351. The van der Waals surface area contributed by atoms with E-state index in [9.17, 15) is 4.79 Å². The van der Waals surface area contributed by atoms with E-state index in [0.29, 0.717) is 11.7 Å². The molecular formula is C18H23N3OS. The summed E-state index contributed by atoms with van der Waals surface area (Å²) in [5.41, 5.74) is 4.55. The Kier molecular flexibility index (Phi) is 5.08. The van der Waals surface area contributed by atoms with Gasteiger partial charge in [-0.25, -0.2) is 4.98 Å². The zero-order valence-corrected chi connectivity index (χ0v) is 14.6. The van der Waals surface area contributed by atoms with Gasteiger partial charge in [0.05, 0.1) is 12.2 Å². The van der Waals surface area contributed by atoms with Gasteiger partial charge in [0, 0.05) is 10.9 Å². The van der Waals surface area contributed by atoms with Gasteiger partial charge in [0.25, 0.3) is 0 Å². The molecular weight excluding hydrogens is 306 g/mol. The van der Waals surface area contributed by atoms with E-state index in [2.05, 4.69) is 47.2 Å². The minimum Gasteiger partial charge on any atom is -0.301 e. The molecule has 5 heteroatoms. The highest BCUT2D eigenvalue weighted by Gasteiger charge is 2.15. The number of aryl methyl sites for hydroxylation is 2. The summed E-state index contributed by atoms with van der Waals surface area (Å²) in [4.78, 5) is 18.9. The predicted molar refractivity (Wildman–Crippen MR) is 95.9 cm³/mol. The van der Waals surface area contributed by atoms with Crippen molar-refractivity contribution in [2.45, 2.75) is 33.1 Å². The van der Waals surface area contributed by atoms with Gasteiger partial charge < -0.3 is 5.32 Å². The van der Waals surface area contributed by atoms with Crippen LogP contribution >= 0.6 is 11.3 Å². The number of aromatic nitrogens is 1. The fourth-order valence-corrected chi connectivity index (χ4v) is 3.58. The van der Waals surface area contributed by atoms with Gasteiger partial charge in [-0.05, 0) is 57.0 Å². The number of thiazole rings is 1. The van der Waals surface area contributed by atoms with Crippen LogP contribution in [0.15, 0.2) is 23.6 Å². The molecule has 0 atom stereocenters. The first-order chi connectivity index (χ1) is 11.1. The van der Waals surface area contributed by atoms with Crippen LogP contribution in [0.4, 0.5) is 5.13 Å². The van der Waals surface area contributed by atoms with E-state index in [0.717, 1.165) is 24.3 Å². The number of likely N-dealkylation sites (tertiary alicyclic amines) is 1. The van der Waals surface area contributed by atoms with Crippen molar-refractivity contribution in [2.24, 2.45) is 0 Å². The molecule has 0 bridgehead atoms. The molecule has 0 spiro atoms. The van der Waals surface area contributed by atoms with Crippen molar-refractivity contribution in [2.75, 3.05) is 25.0 Å². The third kappa shape index (κ3) is 4.18. The van der Waals surface area contributed by atoms with Crippen LogP contribution in [0.25, 0.3) is 11.3 Å². The molecule has 3 rings (SSSR count). The molecule has 0 unspecified atom stereocenters. The van der Waals surface area contributed by atoms with Crippen LogP contribution in [-0.2, 0) is 4.79 Å². The molecule has 1 aromatic heterocycles. The molecule has 1 N–H and O–H groups in total. The maximum absolute atomic E-state index is 12.1. The van der Waals surface area contributed by atoms with Crippen LogP contribution in [0.5, 0.6) is 0 Å². The average molecular weight is 329 g/mol. The van der Waals surface area contributed by atoms with Gasteiger partial charge in [0.15, 0.2) is 5.13 Å². The van der Waals surface area contributed by atoms with Crippen LogP contribution in [0.3, 0.4) is 0 Å². The van der Waals surface area contributed by atoms with Gasteiger partial charge in [-0.3, -0.25) is 9.69 Å². The van der Waals surface area contributed by atoms with Crippen LogP contribution in [-0.4, -0.2) is 35.4 Å². The molecule has 0 radical (unpaired) electrons. The van der Waals surface area contributed by atoms with Crippen molar-refractivity contribution in [1.29, 1.82) is 0 Å². The zero-order valence-electron chi connectivity index (χ0n) is 13.8. The number of carbonyl (C=O) groups excluding carboxylic acids is 1. The van der Waals surface area contributed by atoms with E-state index in [4.69, 9.17) is 0 Å². The maximum atomic E-state index is 12.1. The molecule has 0 saturated carbocycles. The normalized spacial score (nSPS) is 15.6. The number of amides is 1. The molecule has 1 aliphatic rings. The summed E-state index contributed by atoms with van der Waals surface area (Å²) in [5.74, 6) is 0.0351. The van der Waals surface area contributed by atoms with Crippen LogP contribution in [0.1, 0.15) is 30.4 Å². The Morgan fingerprint density at radius 1 is 1.22 bits per heavy atom. The molecule has 1 aliphatic heterocycles. The fourth-order valence-electron chi connectivity index (χ4n) is 2.84. The highest BCUT2D eigenvalue weighted by atomic mass is 32.1.